The molecule has 0 radical (unpaired) electrons. The number of rotatable bonds is 8. The molecule has 4 aromatic rings. The monoisotopic (exact) mass is 496 g/mol. The summed E-state index contributed by atoms with van der Waals surface area (Å²) in [6.45, 7) is 2.35. The van der Waals surface area contributed by atoms with E-state index in [1.807, 2.05) is 60.7 Å². The van der Waals surface area contributed by atoms with Crippen LogP contribution in [0.5, 0.6) is 5.75 Å². The fraction of sp³-hybridized carbons (Fsp3) is 0.160. The summed E-state index contributed by atoms with van der Waals surface area (Å²) in [4.78, 5) is 12.5. The SMILES string of the molecule is CCOC(=O)c1nnn(Cc2ccc(OC)cc2)c1Nc1ccc(-c2ccc(Cl)cc2)c(Cl)c1. The van der Waals surface area contributed by atoms with Gasteiger partial charge in [-0.05, 0) is 54.4 Å². The molecule has 0 saturated carbocycles. The molecule has 174 valence electrons. The zero-order valence-corrected chi connectivity index (χ0v) is 20.1. The molecular formula is C25H22Cl2N4O3. The summed E-state index contributed by atoms with van der Waals surface area (Å²) in [5, 5.41) is 12.7. The minimum absolute atomic E-state index is 0.0910. The van der Waals surface area contributed by atoms with Crippen LogP contribution in [0, 0.1) is 0 Å². The first kappa shape index (κ1) is 23.6. The van der Waals surface area contributed by atoms with E-state index in [1.54, 1.807) is 24.8 Å². The average Bonchev–Trinajstić information content (AvgIpc) is 3.22. The molecule has 1 N–H and O–H groups in total. The third kappa shape index (κ3) is 5.32. The predicted octanol–water partition coefficient (Wildman–Crippen LogP) is 6.23. The fourth-order valence-electron chi connectivity index (χ4n) is 3.38. The van der Waals surface area contributed by atoms with Gasteiger partial charge in [-0.2, -0.15) is 0 Å². The van der Waals surface area contributed by atoms with E-state index in [4.69, 9.17) is 32.7 Å². The van der Waals surface area contributed by atoms with Gasteiger partial charge in [0.15, 0.2) is 5.82 Å². The Kier molecular flexibility index (Phi) is 7.35. The summed E-state index contributed by atoms with van der Waals surface area (Å²) >= 11 is 12.6. The molecule has 0 fully saturated rings. The lowest BCUT2D eigenvalue weighted by Gasteiger charge is -2.13. The van der Waals surface area contributed by atoms with E-state index < -0.39 is 5.97 Å². The third-order valence-electron chi connectivity index (χ3n) is 5.08. The Morgan fingerprint density at radius 3 is 2.41 bits per heavy atom. The van der Waals surface area contributed by atoms with Crippen LogP contribution in [0.4, 0.5) is 11.5 Å². The zero-order valence-electron chi connectivity index (χ0n) is 18.6. The Bertz CT molecular complexity index is 1290. The zero-order chi connectivity index (χ0) is 24.1. The van der Waals surface area contributed by atoms with Crippen molar-refractivity contribution in [3.05, 3.63) is 88.0 Å². The molecule has 0 saturated heterocycles. The maximum Gasteiger partial charge on any atom is 0.362 e. The molecular weight excluding hydrogens is 475 g/mol. The van der Waals surface area contributed by atoms with Crippen LogP contribution in [0.3, 0.4) is 0 Å². The van der Waals surface area contributed by atoms with Gasteiger partial charge in [0.2, 0.25) is 5.69 Å². The van der Waals surface area contributed by atoms with Crippen molar-refractivity contribution >= 4 is 40.7 Å². The van der Waals surface area contributed by atoms with Crippen molar-refractivity contribution in [2.45, 2.75) is 13.5 Å². The summed E-state index contributed by atoms with van der Waals surface area (Å²) in [6, 6.07) is 20.6. The van der Waals surface area contributed by atoms with Gasteiger partial charge in [0.25, 0.3) is 0 Å². The number of halogens is 2. The first-order valence-electron chi connectivity index (χ1n) is 10.5. The van der Waals surface area contributed by atoms with E-state index in [-0.39, 0.29) is 12.3 Å². The summed E-state index contributed by atoms with van der Waals surface area (Å²) in [5.41, 5.74) is 3.53. The number of nitrogens with zero attached hydrogens (tertiary/aromatic N) is 3. The Morgan fingerprint density at radius 2 is 1.76 bits per heavy atom. The quantitative estimate of drug-likeness (QED) is 0.291. The second-order valence-electron chi connectivity index (χ2n) is 7.34. The first-order chi connectivity index (χ1) is 16.5. The van der Waals surface area contributed by atoms with E-state index >= 15 is 0 Å². The minimum Gasteiger partial charge on any atom is -0.497 e. The van der Waals surface area contributed by atoms with Crippen LogP contribution in [0.15, 0.2) is 66.7 Å². The van der Waals surface area contributed by atoms with Gasteiger partial charge in [-0.3, -0.25) is 0 Å². The fourth-order valence-corrected chi connectivity index (χ4v) is 3.80. The van der Waals surface area contributed by atoms with Crippen molar-refractivity contribution in [3.63, 3.8) is 0 Å². The van der Waals surface area contributed by atoms with Crippen molar-refractivity contribution in [1.29, 1.82) is 0 Å². The van der Waals surface area contributed by atoms with Crippen LogP contribution in [-0.4, -0.2) is 34.7 Å². The van der Waals surface area contributed by atoms with E-state index in [0.717, 1.165) is 22.4 Å². The van der Waals surface area contributed by atoms with E-state index in [1.165, 1.54) is 0 Å². The molecule has 1 heterocycles. The summed E-state index contributed by atoms with van der Waals surface area (Å²) in [7, 11) is 1.61. The van der Waals surface area contributed by atoms with E-state index in [9.17, 15) is 4.79 Å². The van der Waals surface area contributed by atoms with Crippen molar-refractivity contribution in [3.8, 4) is 16.9 Å². The van der Waals surface area contributed by atoms with Gasteiger partial charge < -0.3 is 14.8 Å². The highest BCUT2D eigenvalue weighted by Gasteiger charge is 2.22. The van der Waals surface area contributed by atoms with E-state index in [2.05, 4.69) is 15.6 Å². The van der Waals surface area contributed by atoms with Crippen molar-refractivity contribution < 1.29 is 14.3 Å². The van der Waals surface area contributed by atoms with Gasteiger partial charge in [-0.1, -0.05) is 58.7 Å². The van der Waals surface area contributed by atoms with Gasteiger partial charge in [-0.25, -0.2) is 9.48 Å². The molecule has 0 bridgehead atoms. The number of benzene rings is 3. The Labute approximate surface area is 207 Å². The van der Waals surface area contributed by atoms with Crippen LogP contribution < -0.4 is 10.1 Å². The second kappa shape index (κ2) is 10.6. The standard InChI is InChI=1S/C25H22Cl2N4O3/c1-3-34-25(32)23-24(31(30-29-23)15-16-4-11-20(33-2)12-5-16)28-19-10-13-21(22(27)14-19)17-6-8-18(26)9-7-17/h4-14,28H,3,15H2,1-2H3. The lowest BCUT2D eigenvalue weighted by molar-refractivity contribution is 0.0520. The smallest absolute Gasteiger partial charge is 0.362 e. The van der Waals surface area contributed by atoms with Crippen LogP contribution in [0.2, 0.25) is 10.0 Å². The normalized spacial score (nSPS) is 10.7. The largest absolute Gasteiger partial charge is 0.497 e. The lowest BCUT2D eigenvalue weighted by Crippen LogP contribution is -2.11. The number of carbonyl (C=O) groups excluding carboxylic acids is 1. The number of carbonyl (C=O) groups is 1. The summed E-state index contributed by atoms with van der Waals surface area (Å²) in [6.07, 6.45) is 0. The molecule has 0 aliphatic carbocycles. The van der Waals surface area contributed by atoms with Crippen LogP contribution in [0.1, 0.15) is 23.0 Å². The number of anilines is 2. The number of hydrogen-bond donors (Lipinski definition) is 1. The molecule has 4 rings (SSSR count). The number of hydrogen-bond acceptors (Lipinski definition) is 6. The molecule has 0 atom stereocenters. The highest BCUT2D eigenvalue weighted by Crippen LogP contribution is 2.32. The number of nitrogens with one attached hydrogen (secondary N) is 1. The molecule has 0 aliphatic heterocycles. The van der Waals surface area contributed by atoms with Crippen LogP contribution in [0.25, 0.3) is 11.1 Å². The van der Waals surface area contributed by atoms with Gasteiger partial charge in [0.1, 0.15) is 5.75 Å². The molecule has 3 aromatic carbocycles. The molecule has 0 spiro atoms. The van der Waals surface area contributed by atoms with E-state index in [0.29, 0.717) is 28.1 Å². The minimum atomic E-state index is -0.560. The van der Waals surface area contributed by atoms with Gasteiger partial charge in [0.05, 0.1) is 25.3 Å². The Balaban J connectivity index is 1.64. The molecule has 9 heteroatoms. The number of aromatic nitrogens is 3. The van der Waals surface area contributed by atoms with Crippen molar-refractivity contribution in [2.75, 3.05) is 19.0 Å². The average molecular weight is 497 g/mol. The van der Waals surface area contributed by atoms with Crippen LogP contribution in [-0.2, 0) is 11.3 Å². The molecule has 0 amide bonds. The maximum absolute atomic E-state index is 12.5. The van der Waals surface area contributed by atoms with Gasteiger partial charge in [0, 0.05) is 16.3 Å². The highest BCUT2D eigenvalue weighted by atomic mass is 35.5. The molecule has 1 aromatic heterocycles. The second-order valence-corrected chi connectivity index (χ2v) is 8.18. The third-order valence-corrected chi connectivity index (χ3v) is 5.65. The van der Waals surface area contributed by atoms with Crippen LogP contribution >= 0.6 is 23.2 Å². The summed E-state index contributed by atoms with van der Waals surface area (Å²) < 4.78 is 12.0. The lowest BCUT2D eigenvalue weighted by atomic mass is 10.1. The Morgan fingerprint density at radius 1 is 1.03 bits per heavy atom. The number of ether oxygens (including phenoxy) is 2. The molecule has 7 nitrogen and oxygen atoms in total. The highest BCUT2D eigenvalue weighted by molar-refractivity contribution is 6.33. The Hall–Kier alpha value is -3.55. The van der Waals surface area contributed by atoms with Crippen molar-refractivity contribution in [1.82, 2.24) is 15.0 Å². The van der Waals surface area contributed by atoms with Gasteiger partial charge in [-0.15, -0.1) is 5.10 Å². The number of methoxy groups -OCH3 is 1. The molecule has 34 heavy (non-hydrogen) atoms. The van der Waals surface area contributed by atoms with Gasteiger partial charge >= 0.3 is 5.97 Å². The topological polar surface area (TPSA) is 78.3 Å². The first-order valence-corrected chi connectivity index (χ1v) is 11.3. The summed E-state index contributed by atoms with van der Waals surface area (Å²) in [5.74, 6) is 0.600. The molecule has 0 unspecified atom stereocenters. The van der Waals surface area contributed by atoms with Crippen molar-refractivity contribution in [2.24, 2.45) is 0 Å². The number of esters is 1. The maximum atomic E-state index is 12.5. The predicted molar refractivity (Wildman–Crippen MR) is 133 cm³/mol. The molecule has 0 aliphatic rings.